The van der Waals surface area contributed by atoms with Crippen LogP contribution in [0.25, 0.3) is 6.08 Å². The smallest absolute Gasteiger partial charge is 0.250 e. The lowest BCUT2D eigenvalue weighted by molar-refractivity contribution is -0.117. The first-order chi connectivity index (χ1) is 15.6. The van der Waals surface area contributed by atoms with Crippen LogP contribution in [0.3, 0.4) is 0 Å². The zero-order valence-electron chi connectivity index (χ0n) is 18.5. The molecule has 0 aliphatic carbocycles. The molecule has 0 spiro atoms. The van der Waals surface area contributed by atoms with Gasteiger partial charge in [0.05, 0.1) is 12.7 Å². The number of aromatic hydroxyl groups is 1. The van der Waals surface area contributed by atoms with Gasteiger partial charge in [0.2, 0.25) is 0 Å². The number of nitrogens with one attached hydrogen (secondary N) is 1. The molecule has 2 N–H and O–H groups in total. The Bertz CT molecular complexity index is 967. The van der Waals surface area contributed by atoms with E-state index in [0.717, 1.165) is 68.3 Å². The Labute approximate surface area is 189 Å². The number of amides is 1. The maximum absolute atomic E-state index is 12.5. The number of anilines is 1. The summed E-state index contributed by atoms with van der Waals surface area (Å²) in [6.45, 7) is 5.91. The molecule has 0 aromatic heterocycles. The van der Waals surface area contributed by atoms with Crippen LogP contribution in [-0.4, -0.2) is 68.9 Å². The Kier molecular flexibility index (Phi) is 7.17. The molecule has 0 unspecified atom stereocenters. The lowest BCUT2D eigenvalue weighted by atomic mass is 10.1. The zero-order chi connectivity index (χ0) is 22.3. The van der Waals surface area contributed by atoms with Crippen molar-refractivity contribution in [2.45, 2.75) is 12.8 Å². The van der Waals surface area contributed by atoms with Gasteiger partial charge in [0, 0.05) is 56.1 Å². The van der Waals surface area contributed by atoms with E-state index in [4.69, 9.17) is 9.47 Å². The Balaban J connectivity index is 1.14. The normalized spacial score (nSPS) is 16.0. The highest BCUT2D eigenvalue weighted by atomic mass is 16.5. The van der Waals surface area contributed by atoms with Crippen LogP contribution in [0.5, 0.6) is 17.2 Å². The molecule has 1 fully saturated rings. The van der Waals surface area contributed by atoms with Crippen molar-refractivity contribution in [2.24, 2.45) is 0 Å². The fraction of sp³-hybridized carbons (Fsp3) is 0.400. The molecule has 2 aliphatic heterocycles. The number of piperazine rings is 1. The number of fused-ring (bicyclic) bond motifs is 1. The zero-order valence-corrected chi connectivity index (χ0v) is 18.5. The van der Waals surface area contributed by atoms with Crippen molar-refractivity contribution >= 4 is 17.7 Å². The predicted octanol–water partition coefficient (Wildman–Crippen LogP) is 2.90. The predicted molar refractivity (Wildman–Crippen MR) is 125 cm³/mol. The lowest BCUT2D eigenvalue weighted by Crippen LogP contribution is -2.46. The monoisotopic (exact) mass is 437 g/mol. The first-order valence-corrected chi connectivity index (χ1v) is 11.2. The fourth-order valence-corrected chi connectivity index (χ4v) is 4.10. The minimum Gasteiger partial charge on any atom is -0.508 e. The van der Waals surface area contributed by atoms with Crippen molar-refractivity contribution in [3.63, 3.8) is 0 Å². The Hall–Kier alpha value is -3.19. The summed E-state index contributed by atoms with van der Waals surface area (Å²) in [5.74, 6) is 1.73. The molecule has 0 bridgehead atoms. The standard InChI is InChI=1S/C25H31N3O4/c1-31-23-8-7-19-15-20(18-32-24(19)17-23)25(30)26-9-2-3-10-27-11-13-28(14-12-27)21-5-4-6-22(29)16-21/h4-8,15-17,29H,2-3,9-14,18H2,1H3,(H,26,30). The van der Waals surface area contributed by atoms with E-state index in [2.05, 4.69) is 15.1 Å². The van der Waals surface area contributed by atoms with E-state index in [1.807, 2.05) is 42.5 Å². The average Bonchev–Trinajstić information content (AvgIpc) is 2.83. The lowest BCUT2D eigenvalue weighted by Gasteiger charge is -2.36. The van der Waals surface area contributed by atoms with Gasteiger partial charge in [-0.1, -0.05) is 6.07 Å². The van der Waals surface area contributed by atoms with Gasteiger partial charge in [-0.15, -0.1) is 0 Å². The summed E-state index contributed by atoms with van der Waals surface area (Å²) in [6, 6.07) is 13.1. The van der Waals surface area contributed by atoms with Gasteiger partial charge in [-0.3, -0.25) is 9.69 Å². The van der Waals surface area contributed by atoms with Crippen LogP contribution in [-0.2, 0) is 4.79 Å². The number of ether oxygens (including phenoxy) is 2. The molecule has 0 saturated carbocycles. The van der Waals surface area contributed by atoms with Gasteiger partial charge in [-0.25, -0.2) is 0 Å². The van der Waals surface area contributed by atoms with E-state index >= 15 is 0 Å². The van der Waals surface area contributed by atoms with Crippen molar-refractivity contribution < 1.29 is 19.4 Å². The third-order valence-electron chi connectivity index (χ3n) is 5.98. The molecule has 4 rings (SSSR count). The summed E-state index contributed by atoms with van der Waals surface area (Å²) in [5, 5.41) is 12.7. The maximum atomic E-state index is 12.5. The van der Waals surface area contributed by atoms with Crippen LogP contribution in [0.4, 0.5) is 5.69 Å². The molecule has 2 heterocycles. The number of hydrogen-bond acceptors (Lipinski definition) is 6. The second kappa shape index (κ2) is 10.4. The van der Waals surface area contributed by atoms with E-state index in [9.17, 15) is 9.90 Å². The van der Waals surface area contributed by atoms with Crippen LogP contribution < -0.4 is 19.7 Å². The molecule has 0 radical (unpaired) electrons. The third kappa shape index (κ3) is 5.53. The van der Waals surface area contributed by atoms with E-state index in [-0.39, 0.29) is 12.5 Å². The van der Waals surface area contributed by atoms with E-state index in [1.54, 1.807) is 13.2 Å². The molecular weight excluding hydrogens is 406 g/mol. The maximum Gasteiger partial charge on any atom is 0.250 e. The van der Waals surface area contributed by atoms with Gasteiger partial charge in [-0.2, -0.15) is 0 Å². The highest BCUT2D eigenvalue weighted by molar-refractivity contribution is 5.99. The number of carbonyl (C=O) groups is 1. The van der Waals surface area contributed by atoms with Gasteiger partial charge in [0.25, 0.3) is 5.91 Å². The van der Waals surface area contributed by atoms with Gasteiger partial charge < -0.3 is 24.8 Å². The summed E-state index contributed by atoms with van der Waals surface area (Å²) in [4.78, 5) is 17.2. The second-order valence-corrected chi connectivity index (χ2v) is 8.17. The van der Waals surface area contributed by atoms with Crippen LogP contribution in [0.2, 0.25) is 0 Å². The first kappa shape index (κ1) is 22.0. The molecular formula is C25H31N3O4. The van der Waals surface area contributed by atoms with Gasteiger partial charge in [0.15, 0.2) is 0 Å². The molecule has 1 saturated heterocycles. The molecule has 1 amide bonds. The quantitative estimate of drug-likeness (QED) is 0.619. The Morgan fingerprint density at radius 1 is 1.12 bits per heavy atom. The van der Waals surface area contributed by atoms with Crippen molar-refractivity contribution in [3.05, 3.63) is 53.6 Å². The Morgan fingerprint density at radius 3 is 2.75 bits per heavy atom. The number of unbranched alkanes of at least 4 members (excludes halogenated alkanes) is 1. The van der Waals surface area contributed by atoms with Gasteiger partial charge in [-0.05, 0) is 49.7 Å². The second-order valence-electron chi connectivity index (χ2n) is 8.17. The van der Waals surface area contributed by atoms with Crippen molar-refractivity contribution in [2.75, 3.05) is 57.9 Å². The molecule has 7 heteroatoms. The average molecular weight is 438 g/mol. The van der Waals surface area contributed by atoms with Gasteiger partial charge in [0.1, 0.15) is 23.9 Å². The SMILES string of the molecule is COc1ccc2c(c1)OCC(C(=O)NCCCCN1CCN(c3cccc(O)c3)CC1)=C2. The van der Waals surface area contributed by atoms with Crippen molar-refractivity contribution in [1.82, 2.24) is 10.2 Å². The number of benzene rings is 2. The van der Waals surface area contributed by atoms with Crippen molar-refractivity contribution in [3.8, 4) is 17.2 Å². The summed E-state index contributed by atoms with van der Waals surface area (Å²) >= 11 is 0. The van der Waals surface area contributed by atoms with E-state index in [0.29, 0.717) is 17.9 Å². The van der Waals surface area contributed by atoms with E-state index in [1.165, 1.54) is 0 Å². The molecule has 7 nitrogen and oxygen atoms in total. The van der Waals surface area contributed by atoms with Crippen LogP contribution in [0.15, 0.2) is 48.0 Å². The first-order valence-electron chi connectivity index (χ1n) is 11.2. The largest absolute Gasteiger partial charge is 0.508 e. The molecule has 2 aromatic carbocycles. The number of phenols is 1. The van der Waals surface area contributed by atoms with E-state index < -0.39 is 0 Å². The number of methoxy groups -OCH3 is 1. The minimum absolute atomic E-state index is 0.0637. The number of phenolic OH excluding ortho intramolecular Hbond substituents is 1. The Morgan fingerprint density at radius 2 is 1.97 bits per heavy atom. The highest BCUT2D eigenvalue weighted by Crippen LogP contribution is 2.30. The minimum atomic E-state index is -0.0637. The molecule has 170 valence electrons. The third-order valence-corrected chi connectivity index (χ3v) is 5.98. The number of nitrogens with zero attached hydrogens (tertiary/aromatic N) is 2. The van der Waals surface area contributed by atoms with Crippen LogP contribution >= 0.6 is 0 Å². The highest BCUT2D eigenvalue weighted by Gasteiger charge is 2.19. The topological polar surface area (TPSA) is 74.3 Å². The molecule has 32 heavy (non-hydrogen) atoms. The molecule has 0 atom stereocenters. The summed E-state index contributed by atoms with van der Waals surface area (Å²) in [5.41, 5.74) is 2.62. The summed E-state index contributed by atoms with van der Waals surface area (Å²) in [6.07, 6.45) is 3.88. The number of hydrogen-bond donors (Lipinski definition) is 2. The van der Waals surface area contributed by atoms with Crippen molar-refractivity contribution in [1.29, 1.82) is 0 Å². The molecule has 2 aliphatic rings. The number of rotatable bonds is 8. The van der Waals surface area contributed by atoms with Crippen LogP contribution in [0.1, 0.15) is 18.4 Å². The van der Waals surface area contributed by atoms with Gasteiger partial charge >= 0.3 is 0 Å². The fourth-order valence-electron chi connectivity index (χ4n) is 4.10. The number of carbonyl (C=O) groups excluding carboxylic acids is 1. The van der Waals surface area contributed by atoms with Crippen LogP contribution in [0, 0.1) is 0 Å². The summed E-state index contributed by atoms with van der Waals surface area (Å²) < 4.78 is 10.9. The molecule has 2 aromatic rings. The summed E-state index contributed by atoms with van der Waals surface area (Å²) in [7, 11) is 1.62.